The molecule has 2 rings (SSSR count). The van der Waals surface area contributed by atoms with Crippen molar-refractivity contribution in [2.45, 2.75) is 25.3 Å². The Bertz CT molecular complexity index is 447. The van der Waals surface area contributed by atoms with Crippen molar-refractivity contribution in [2.75, 3.05) is 20.3 Å². The van der Waals surface area contributed by atoms with Gasteiger partial charge in [-0.1, -0.05) is 6.07 Å². The van der Waals surface area contributed by atoms with Crippen LogP contribution in [0.3, 0.4) is 0 Å². The Morgan fingerprint density at radius 3 is 2.84 bits per heavy atom. The van der Waals surface area contributed by atoms with E-state index in [4.69, 9.17) is 15.2 Å². The quantitative estimate of drug-likeness (QED) is 0.840. The molecule has 1 heterocycles. The van der Waals surface area contributed by atoms with E-state index in [1.54, 1.807) is 0 Å². The standard InChI is InChI=1S/C14H19NO4/c1-17-14(16)6-4-11(15)10-3-5-12-13(9-10)19-8-2-7-18-12/h3,5,9,11H,2,4,6-8,15H2,1H3. The topological polar surface area (TPSA) is 70.8 Å². The predicted molar refractivity (Wildman–Crippen MR) is 70.2 cm³/mol. The fourth-order valence-electron chi connectivity index (χ4n) is 1.95. The van der Waals surface area contributed by atoms with E-state index >= 15 is 0 Å². The Labute approximate surface area is 112 Å². The number of esters is 1. The van der Waals surface area contributed by atoms with Crippen LogP contribution >= 0.6 is 0 Å². The second-order valence-corrected chi connectivity index (χ2v) is 4.48. The minimum Gasteiger partial charge on any atom is -0.490 e. The van der Waals surface area contributed by atoms with Gasteiger partial charge in [-0.3, -0.25) is 4.79 Å². The van der Waals surface area contributed by atoms with Crippen LogP contribution in [0.1, 0.15) is 30.9 Å². The minimum atomic E-state index is -0.246. The van der Waals surface area contributed by atoms with Gasteiger partial charge in [0.15, 0.2) is 11.5 Å². The van der Waals surface area contributed by atoms with E-state index in [2.05, 4.69) is 4.74 Å². The molecule has 5 nitrogen and oxygen atoms in total. The Kier molecular flexibility index (Phi) is 4.63. The average Bonchev–Trinajstić information content (AvgIpc) is 2.68. The monoisotopic (exact) mass is 265 g/mol. The number of carbonyl (C=O) groups is 1. The van der Waals surface area contributed by atoms with E-state index in [0.29, 0.717) is 26.1 Å². The molecule has 0 saturated heterocycles. The number of nitrogens with two attached hydrogens (primary N) is 1. The van der Waals surface area contributed by atoms with E-state index in [0.717, 1.165) is 23.5 Å². The third-order valence-electron chi connectivity index (χ3n) is 3.09. The highest BCUT2D eigenvalue weighted by atomic mass is 16.5. The summed E-state index contributed by atoms with van der Waals surface area (Å²) >= 11 is 0. The fourth-order valence-corrected chi connectivity index (χ4v) is 1.95. The van der Waals surface area contributed by atoms with E-state index in [-0.39, 0.29) is 12.0 Å². The molecule has 1 aromatic rings. The summed E-state index contributed by atoms with van der Waals surface area (Å²) in [6.45, 7) is 1.31. The molecule has 1 aliphatic rings. The molecule has 1 aromatic carbocycles. The van der Waals surface area contributed by atoms with Crippen LogP contribution in [0.25, 0.3) is 0 Å². The highest BCUT2D eigenvalue weighted by Gasteiger charge is 2.14. The van der Waals surface area contributed by atoms with Crippen molar-refractivity contribution in [3.05, 3.63) is 23.8 Å². The zero-order chi connectivity index (χ0) is 13.7. The summed E-state index contributed by atoms with van der Waals surface area (Å²) in [6, 6.07) is 5.46. The molecule has 0 aliphatic carbocycles. The van der Waals surface area contributed by atoms with Gasteiger partial charge >= 0.3 is 5.97 Å². The first-order chi connectivity index (χ1) is 9.20. The molecule has 1 unspecified atom stereocenters. The summed E-state index contributed by atoms with van der Waals surface area (Å²) < 4.78 is 15.8. The molecule has 0 bridgehead atoms. The van der Waals surface area contributed by atoms with Crippen LogP contribution in [0.5, 0.6) is 11.5 Å². The zero-order valence-corrected chi connectivity index (χ0v) is 11.1. The molecule has 1 atom stereocenters. The second kappa shape index (κ2) is 6.43. The number of fused-ring (bicyclic) bond motifs is 1. The Balaban J connectivity index is 2.04. The number of rotatable bonds is 4. The smallest absolute Gasteiger partial charge is 0.305 e. The lowest BCUT2D eigenvalue weighted by molar-refractivity contribution is -0.140. The van der Waals surface area contributed by atoms with Gasteiger partial charge in [-0.15, -0.1) is 0 Å². The van der Waals surface area contributed by atoms with Crippen molar-refractivity contribution in [3.8, 4) is 11.5 Å². The highest BCUT2D eigenvalue weighted by Crippen LogP contribution is 2.32. The van der Waals surface area contributed by atoms with Crippen LogP contribution in [0.4, 0.5) is 0 Å². The first-order valence-electron chi connectivity index (χ1n) is 6.42. The lowest BCUT2D eigenvalue weighted by Crippen LogP contribution is -2.13. The number of carbonyl (C=O) groups excluding carboxylic acids is 1. The zero-order valence-electron chi connectivity index (χ0n) is 11.1. The van der Waals surface area contributed by atoms with Crippen molar-refractivity contribution in [2.24, 2.45) is 5.73 Å². The van der Waals surface area contributed by atoms with Crippen molar-refractivity contribution in [1.82, 2.24) is 0 Å². The van der Waals surface area contributed by atoms with Crippen LogP contribution < -0.4 is 15.2 Å². The average molecular weight is 265 g/mol. The molecule has 0 amide bonds. The fraction of sp³-hybridized carbons (Fsp3) is 0.500. The normalized spacial score (nSPS) is 15.5. The number of ether oxygens (including phenoxy) is 3. The third kappa shape index (κ3) is 3.61. The van der Waals surface area contributed by atoms with Crippen molar-refractivity contribution in [1.29, 1.82) is 0 Å². The third-order valence-corrected chi connectivity index (χ3v) is 3.09. The molecule has 5 heteroatoms. The maximum Gasteiger partial charge on any atom is 0.305 e. The summed E-state index contributed by atoms with van der Waals surface area (Å²) in [7, 11) is 1.38. The molecular formula is C14H19NO4. The van der Waals surface area contributed by atoms with Crippen molar-refractivity contribution >= 4 is 5.97 Å². The van der Waals surface area contributed by atoms with Gasteiger partial charge in [-0.05, 0) is 24.1 Å². The number of hydrogen-bond acceptors (Lipinski definition) is 5. The molecule has 0 fully saturated rings. The van der Waals surface area contributed by atoms with Gasteiger partial charge in [0.2, 0.25) is 0 Å². The van der Waals surface area contributed by atoms with E-state index in [1.165, 1.54) is 7.11 Å². The van der Waals surface area contributed by atoms with Crippen molar-refractivity contribution in [3.63, 3.8) is 0 Å². The van der Waals surface area contributed by atoms with Crippen LogP contribution in [-0.2, 0) is 9.53 Å². The molecular weight excluding hydrogens is 246 g/mol. The summed E-state index contributed by atoms with van der Waals surface area (Å²) in [5.41, 5.74) is 7.00. The van der Waals surface area contributed by atoms with Gasteiger partial charge in [0, 0.05) is 18.9 Å². The molecule has 19 heavy (non-hydrogen) atoms. The molecule has 0 radical (unpaired) electrons. The molecule has 2 N–H and O–H groups in total. The van der Waals surface area contributed by atoms with Gasteiger partial charge in [0.1, 0.15) is 0 Å². The van der Waals surface area contributed by atoms with Gasteiger partial charge in [-0.2, -0.15) is 0 Å². The number of benzene rings is 1. The van der Waals surface area contributed by atoms with E-state index in [9.17, 15) is 4.79 Å². The van der Waals surface area contributed by atoms with Gasteiger partial charge < -0.3 is 19.9 Å². The van der Waals surface area contributed by atoms with E-state index < -0.39 is 0 Å². The molecule has 0 saturated carbocycles. The SMILES string of the molecule is COC(=O)CCC(N)c1ccc2c(c1)OCCCO2. The van der Waals surface area contributed by atoms with Crippen LogP contribution in [-0.4, -0.2) is 26.3 Å². The van der Waals surface area contributed by atoms with Gasteiger partial charge in [0.25, 0.3) is 0 Å². The maximum atomic E-state index is 11.1. The number of hydrogen-bond donors (Lipinski definition) is 1. The largest absolute Gasteiger partial charge is 0.490 e. The Hall–Kier alpha value is -1.75. The van der Waals surface area contributed by atoms with Crippen molar-refractivity contribution < 1.29 is 19.0 Å². The first kappa shape index (κ1) is 13.7. The van der Waals surface area contributed by atoms with Crippen LogP contribution in [0.2, 0.25) is 0 Å². The first-order valence-corrected chi connectivity index (χ1v) is 6.42. The second-order valence-electron chi connectivity index (χ2n) is 4.48. The molecule has 104 valence electrons. The molecule has 1 aliphatic heterocycles. The summed E-state index contributed by atoms with van der Waals surface area (Å²) in [4.78, 5) is 11.1. The minimum absolute atomic E-state index is 0.212. The maximum absolute atomic E-state index is 11.1. The number of methoxy groups -OCH3 is 1. The summed E-state index contributed by atoms with van der Waals surface area (Å²) in [5.74, 6) is 1.23. The van der Waals surface area contributed by atoms with Gasteiger partial charge in [0.05, 0.1) is 20.3 Å². The van der Waals surface area contributed by atoms with Gasteiger partial charge in [-0.25, -0.2) is 0 Å². The Morgan fingerprint density at radius 2 is 2.11 bits per heavy atom. The summed E-state index contributed by atoms with van der Waals surface area (Å²) in [5, 5.41) is 0. The predicted octanol–water partition coefficient (Wildman–Crippen LogP) is 1.80. The molecule has 0 aromatic heterocycles. The lowest BCUT2D eigenvalue weighted by atomic mass is 10.0. The van der Waals surface area contributed by atoms with Crippen LogP contribution in [0.15, 0.2) is 18.2 Å². The highest BCUT2D eigenvalue weighted by molar-refractivity contribution is 5.69. The summed E-state index contributed by atoms with van der Waals surface area (Å²) in [6.07, 6.45) is 1.73. The van der Waals surface area contributed by atoms with Crippen LogP contribution in [0, 0.1) is 0 Å². The molecule has 0 spiro atoms. The van der Waals surface area contributed by atoms with E-state index in [1.807, 2.05) is 18.2 Å². The lowest BCUT2D eigenvalue weighted by Gasteiger charge is -2.14. The Morgan fingerprint density at radius 1 is 1.37 bits per heavy atom.